The van der Waals surface area contributed by atoms with Crippen molar-refractivity contribution < 1.29 is 4.79 Å². The summed E-state index contributed by atoms with van der Waals surface area (Å²) in [6.07, 6.45) is 1.62. The van der Waals surface area contributed by atoms with Crippen molar-refractivity contribution in [3.63, 3.8) is 0 Å². The highest BCUT2D eigenvalue weighted by Crippen LogP contribution is 2.30. The second kappa shape index (κ2) is 10.7. The largest absolute Gasteiger partial charge is 0.271 e. The van der Waals surface area contributed by atoms with E-state index in [0.717, 1.165) is 22.5 Å². The molecule has 0 aliphatic carbocycles. The Hall–Kier alpha value is -3.84. The molecular formula is C26H23N5OS. The van der Waals surface area contributed by atoms with Crippen LogP contribution in [0.15, 0.2) is 89.1 Å². The minimum Gasteiger partial charge on any atom is -0.267 e. The predicted octanol–water partition coefficient (Wildman–Crippen LogP) is 5.33. The Labute approximate surface area is 197 Å². The van der Waals surface area contributed by atoms with Gasteiger partial charge in [-0.05, 0) is 26.0 Å². The Kier molecular flexibility index (Phi) is 7.22. The first-order chi connectivity index (χ1) is 16.1. The van der Waals surface area contributed by atoms with Gasteiger partial charge in [0.2, 0.25) is 5.16 Å². The number of aromatic nitrogens is 3. The molecule has 33 heavy (non-hydrogen) atoms. The summed E-state index contributed by atoms with van der Waals surface area (Å²) in [6.45, 7) is 4.11. The molecule has 0 fully saturated rings. The molecule has 164 valence electrons. The van der Waals surface area contributed by atoms with Crippen molar-refractivity contribution in [1.82, 2.24) is 20.6 Å². The molecule has 1 heterocycles. The Bertz CT molecular complexity index is 1260. The van der Waals surface area contributed by atoms with Crippen molar-refractivity contribution >= 4 is 23.9 Å². The van der Waals surface area contributed by atoms with Crippen LogP contribution in [-0.2, 0) is 0 Å². The van der Waals surface area contributed by atoms with Crippen molar-refractivity contribution in [1.29, 1.82) is 0 Å². The van der Waals surface area contributed by atoms with Gasteiger partial charge in [-0.2, -0.15) is 5.10 Å². The zero-order valence-corrected chi connectivity index (χ0v) is 19.2. The van der Waals surface area contributed by atoms with E-state index in [2.05, 4.69) is 58.8 Å². The van der Waals surface area contributed by atoms with E-state index < -0.39 is 0 Å². The number of aryl methyl sites for hydroxylation is 2. The molecule has 0 radical (unpaired) electrons. The van der Waals surface area contributed by atoms with E-state index in [1.54, 1.807) is 18.3 Å². The molecule has 6 nitrogen and oxygen atoms in total. The average Bonchev–Trinajstić information content (AvgIpc) is 2.85. The van der Waals surface area contributed by atoms with Gasteiger partial charge in [-0.3, -0.25) is 4.79 Å². The van der Waals surface area contributed by atoms with Gasteiger partial charge in [0.05, 0.1) is 0 Å². The van der Waals surface area contributed by atoms with Gasteiger partial charge >= 0.3 is 0 Å². The van der Waals surface area contributed by atoms with Gasteiger partial charge in [-0.25, -0.2) is 10.4 Å². The fourth-order valence-corrected chi connectivity index (χ4v) is 3.65. The van der Waals surface area contributed by atoms with Crippen LogP contribution in [0.5, 0.6) is 0 Å². The molecule has 4 rings (SSSR count). The molecule has 0 saturated heterocycles. The molecule has 0 unspecified atom stereocenters. The van der Waals surface area contributed by atoms with Crippen molar-refractivity contribution in [3.8, 4) is 22.5 Å². The number of hydrazone groups is 1. The molecule has 0 saturated carbocycles. The fourth-order valence-electron chi connectivity index (χ4n) is 3.10. The second-order valence-electron chi connectivity index (χ2n) is 7.45. The minimum atomic E-state index is -0.251. The lowest BCUT2D eigenvalue weighted by atomic mass is 10.0. The number of amides is 1. The van der Waals surface area contributed by atoms with Crippen LogP contribution in [0.2, 0.25) is 0 Å². The molecule has 0 aliphatic rings. The van der Waals surface area contributed by atoms with Crippen LogP contribution in [0.1, 0.15) is 21.5 Å². The normalized spacial score (nSPS) is 11.0. The Morgan fingerprint density at radius 2 is 1.45 bits per heavy atom. The van der Waals surface area contributed by atoms with E-state index in [1.807, 2.05) is 42.5 Å². The van der Waals surface area contributed by atoms with Crippen molar-refractivity contribution in [3.05, 3.63) is 95.6 Å². The average molecular weight is 454 g/mol. The molecule has 0 spiro atoms. The molecular weight excluding hydrogens is 430 g/mol. The lowest BCUT2D eigenvalue weighted by Crippen LogP contribution is -2.17. The monoisotopic (exact) mass is 453 g/mol. The van der Waals surface area contributed by atoms with Gasteiger partial charge in [0.1, 0.15) is 11.4 Å². The third kappa shape index (κ3) is 5.90. The summed E-state index contributed by atoms with van der Waals surface area (Å²) < 4.78 is 0. The predicted molar refractivity (Wildman–Crippen MR) is 133 cm³/mol. The standard InChI is InChI=1S/C26H23N5OS/c1-18-8-12-20(13-9-18)23-24(21-14-10-19(2)11-15-21)29-31-26(28-23)33-17-16-27-30-25(32)22-6-4-3-5-7-22/h3-16H,17H2,1-2H3,(H,30,32)/b27-16+. The number of rotatable bonds is 7. The van der Waals surface area contributed by atoms with Crippen LogP contribution >= 0.6 is 11.8 Å². The zero-order chi connectivity index (χ0) is 23.0. The molecule has 0 atom stereocenters. The first-order valence-electron chi connectivity index (χ1n) is 10.5. The molecule has 0 aliphatic heterocycles. The van der Waals surface area contributed by atoms with Crippen LogP contribution in [-0.4, -0.2) is 33.1 Å². The van der Waals surface area contributed by atoms with E-state index in [4.69, 9.17) is 4.98 Å². The second-order valence-corrected chi connectivity index (χ2v) is 8.44. The molecule has 4 aromatic rings. The quantitative estimate of drug-likeness (QED) is 0.232. The van der Waals surface area contributed by atoms with Crippen LogP contribution in [0, 0.1) is 13.8 Å². The van der Waals surface area contributed by atoms with Gasteiger partial charge in [0.25, 0.3) is 5.91 Å². The van der Waals surface area contributed by atoms with Crippen molar-refractivity contribution in [2.45, 2.75) is 19.0 Å². The molecule has 0 bridgehead atoms. The number of carbonyl (C=O) groups is 1. The summed E-state index contributed by atoms with van der Waals surface area (Å²) in [6, 6.07) is 25.4. The van der Waals surface area contributed by atoms with Gasteiger partial charge in [-0.15, -0.1) is 10.2 Å². The smallest absolute Gasteiger partial charge is 0.267 e. The number of carbonyl (C=O) groups excluding carboxylic acids is 1. The van der Waals surface area contributed by atoms with Crippen LogP contribution < -0.4 is 5.43 Å². The number of thioether (sulfide) groups is 1. The van der Waals surface area contributed by atoms with Crippen molar-refractivity contribution in [2.75, 3.05) is 5.75 Å². The summed E-state index contributed by atoms with van der Waals surface area (Å²) >= 11 is 1.40. The third-order valence-corrected chi connectivity index (χ3v) is 5.64. The van der Waals surface area contributed by atoms with E-state index in [-0.39, 0.29) is 5.91 Å². The summed E-state index contributed by atoms with van der Waals surface area (Å²) in [7, 11) is 0. The summed E-state index contributed by atoms with van der Waals surface area (Å²) in [4.78, 5) is 16.8. The van der Waals surface area contributed by atoms with Gasteiger partial charge in [0.15, 0.2) is 0 Å². The fraction of sp³-hybridized carbons (Fsp3) is 0.115. The van der Waals surface area contributed by atoms with Crippen LogP contribution in [0.4, 0.5) is 0 Å². The first-order valence-corrected chi connectivity index (χ1v) is 11.5. The van der Waals surface area contributed by atoms with Crippen LogP contribution in [0.25, 0.3) is 22.5 Å². The number of nitrogens with one attached hydrogen (secondary N) is 1. The Morgan fingerprint density at radius 3 is 2.09 bits per heavy atom. The number of nitrogens with zero attached hydrogens (tertiary/aromatic N) is 4. The molecule has 1 amide bonds. The molecule has 3 aromatic carbocycles. The lowest BCUT2D eigenvalue weighted by Gasteiger charge is -2.09. The highest BCUT2D eigenvalue weighted by Gasteiger charge is 2.14. The minimum absolute atomic E-state index is 0.251. The summed E-state index contributed by atoms with van der Waals surface area (Å²) in [5, 5.41) is 13.4. The number of hydrogen-bond donors (Lipinski definition) is 1. The van der Waals surface area contributed by atoms with Gasteiger partial charge in [0, 0.05) is 28.7 Å². The summed E-state index contributed by atoms with van der Waals surface area (Å²) in [5.41, 5.74) is 8.93. The molecule has 1 N–H and O–H groups in total. The summed E-state index contributed by atoms with van der Waals surface area (Å²) in [5.74, 6) is 0.243. The zero-order valence-electron chi connectivity index (χ0n) is 18.4. The lowest BCUT2D eigenvalue weighted by molar-refractivity contribution is 0.0955. The number of benzene rings is 3. The van der Waals surface area contributed by atoms with Crippen molar-refractivity contribution in [2.24, 2.45) is 5.10 Å². The molecule has 7 heteroatoms. The van der Waals surface area contributed by atoms with Gasteiger partial charge in [-0.1, -0.05) is 89.6 Å². The number of hydrogen-bond acceptors (Lipinski definition) is 6. The highest BCUT2D eigenvalue weighted by atomic mass is 32.2. The maximum absolute atomic E-state index is 12.0. The Balaban J connectivity index is 1.49. The van der Waals surface area contributed by atoms with Crippen LogP contribution in [0.3, 0.4) is 0 Å². The third-order valence-electron chi connectivity index (χ3n) is 4.90. The van der Waals surface area contributed by atoms with E-state index in [1.165, 1.54) is 22.9 Å². The SMILES string of the molecule is Cc1ccc(-c2nnc(SC/C=N/NC(=O)c3ccccc3)nc2-c2ccc(C)cc2)cc1. The molecule has 1 aromatic heterocycles. The first kappa shape index (κ1) is 22.4. The van der Waals surface area contributed by atoms with E-state index in [0.29, 0.717) is 16.5 Å². The maximum atomic E-state index is 12.0. The van der Waals surface area contributed by atoms with E-state index in [9.17, 15) is 4.79 Å². The maximum Gasteiger partial charge on any atom is 0.271 e. The Morgan fingerprint density at radius 1 is 0.848 bits per heavy atom. The van der Waals surface area contributed by atoms with E-state index >= 15 is 0 Å². The highest BCUT2D eigenvalue weighted by molar-refractivity contribution is 7.99. The van der Waals surface area contributed by atoms with Gasteiger partial charge < -0.3 is 0 Å². The topological polar surface area (TPSA) is 80.1 Å².